The van der Waals surface area contributed by atoms with Crippen LogP contribution < -0.4 is 0 Å². The predicted octanol–water partition coefficient (Wildman–Crippen LogP) is 3.49. The lowest BCUT2D eigenvalue weighted by Gasteiger charge is -1.79. The zero-order chi connectivity index (χ0) is 9.68. The maximum atomic E-state index is 4.71. The van der Waals surface area contributed by atoms with Crippen LogP contribution in [0.1, 0.15) is 20.8 Å². The highest BCUT2D eigenvalue weighted by molar-refractivity contribution is 5.76. The van der Waals surface area contributed by atoms with Gasteiger partial charge in [-0.3, -0.25) is 0 Å². The molecule has 0 bridgehead atoms. The quantitative estimate of drug-likeness (QED) is 0.615. The molecule has 1 aromatic heterocycles. The summed E-state index contributed by atoms with van der Waals surface area (Å²) in [6, 6.07) is 7.77. The Labute approximate surface area is 78.5 Å². The molecular formula is C11H15NO. The fourth-order valence-electron chi connectivity index (χ4n) is 0.810. The molecule has 2 heteroatoms. The number of rotatable bonds is 0. The molecule has 0 fully saturated rings. The smallest absolute Gasteiger partial charge is 0.131 e. The van der Waals surface area contributed by atoms with E-state index in [1.807, 2.05) is 24.3 Å². The molecule has 0 radical (unpaired) electrons. The van der Waals surface area contributed by atoms with Crippen LogP contribution in [0.2, 0.25) is 0 Å². The van der Waals surface area contributed by atoms with Gasteiger partial charge in [0.1, 0.15) is 11.8 Å². The molecule has 70 valence electrons. The monoisotopic (exact) mass is 177 g/mol. The van der Waals surface area contributed by atoms with Crippen molar-refractivity contribution in [1.82, 2.24) is 5.16 Å². The van der Waals surface area contributed by atoms with E-state index in [0.717, 1.165) is 16.8 Å². The van der Waals surface area contributed by atoms with E-state index < -0.39 is 0 Å². The Kier molecular flexibility index (Phi) is 3.50. The van der Waals surface area contributed by atoms with Crippen molar-refractivity contribution >= 4 is 10.9 Å². The number of nitrogens with zero attached hydrogens (tertiary/aromatic N) is 1. The summed E-state index contributed by atoms with van der Waals surface area (Å²) in [6.45, 7) is 6.50. The standard InChI is InChI=1S/C7H5NO.C4H10/c1-2-4-7-6(3-1)5-9-8-7;1-4(2)3/h1-5H;4H,1-3H3. The molecule has 0 aliphatic carbocycles. The molecule has 1 heterocycles. The van der Waals surface area contributed by atoms with Gasteiger partial charge in [-0.05, 0) is 18.1 Å². The fraction of sp³-hybridized carbons (Fsp3) is 0.364. The normalized spacial score (nSPS) is 9.85. The molecule has 2 nitrogen and oxygen atoms in total. The number of hydrogen-bond acceptors (Lipinski definition) is 2. The van der Waals surface area contributed by atoms with E-state index in [0.29, 0.717) is 0 Å². The van der Waals surface area contributed by atoms with Crippen LogP contribution in [0.25, 0.3) is 10.9 Å². The van der Waals surface area contributed by atoms with Crippen LogP contribution in [0, 0.1) is 5.92 Å². The molecule has 0 N–H and O–H groups in total. The topological polar surface area (TPSA) is 26.0 Å². The minimum Gasteiger partial charge on any atom is -0.364 e. The van der Waals surface area contributed by atoms with E-state index in [1.54, 1.807) is 6.26 Å². The van der Waals surface area contributed by atoms with E-state index >= 15 is 0 Å². The first-order valence-electron chi connectivity index (χ1n) is 4.49. The molecule has 0 saturated carbocycles. The van der Waals surface area contributed by atoms with Gasteiger partial charge in [0.05, 0.1) is 0 Å². The fourth-order valence-corrected chi connectivity index (χ4v) is 0.810. The third-order valence-electron chi connectivity index (χ3n) is 1.27. The highest BCUT2D eigenvalue weighted by Gasteiger charge is 1.91. The van der Waals surface area contributed by atoms with Crippen molar-refractivity contribution in [1.29, 1.82) is 0 Å². The zero-order valence-electron chi connectivity index (χ0n) is 8.32. The SMILES string of the molecule is CC(C)C.c1ccc2nocc2c1. The Morgan fingerprint density at radius 3 is 2.38 bits per heavy atom. The van der Waals surface area contributed by atoms with Gasteiger partial charge in [0.2, 0.25) is 0 Å². The maximum Gasteiger partial charge on any atom is 0.131 e. The highest BCUT2D eigenvalue weighted by Crippen LogP contribution is 2.09. The van der Waals surface area contributed by atoms with Crippen molar-refractivity contribution < 1.29 is 4.52 Å². The number of fused-ring (bicyclic) bond motifs is 1. The lowest BCUT2D eigenvalue weighted by Crippen LogP contribution is -1.66. The van der Waals surface area contributed by atoms with Gasteiger partial charge in [0, 0.05) is 5.39 Å². The third kappa shape index (κ3) is 3.28. The first-order chi connectivity index (χ1) is 6.20. The molecule has 0 saturated heterocycles. The largest absolute Gasteiger partial charge is 0.364 e. The minimum absolute atomic E-state index is 0.833. The maximum absolute atomic E-state index is 4.71. The van der Waals surface area contributed by atoms with E-state index in [-0.39, 0.29) is 0 Å². The van der Waals surface area contributed by atoms with Crippen molar-refractivity contribution in [2.45, 2.75) is 20.8 Å². The average Bonchev–Trinajstić information content (AvgIpc) is 2.49. The Morgan fingerprint density at radius 2 is 1.77 bits per heavy atom. The second-order valence-electron chi connectivity index (χ2n) is 3.61. The molecule has 2 rings (SSSR count). The van der Waals surface area contributed by atoms with Crippen molar-refractivity contribution in [3.05, 3.63) is 30.5 Å². The van der Waals surface area contributed by atoms with E-state index in [9.17, 15) is 0 Å². The minimum atomic E-state index is 0.833. The molecule has 0 amide bonds. The molecule has 0 unspecified atom stereocenters. The first kappa shape index (κ1) is 9.78. The van der Waals surface area contributed by atoms with Gasteiger partial charge in [-0.25, -0.2) is 0 Å². The molecule has 0 aliphatic heterocycles. The summed E-state index contributed by atoms with van der Waals surface area (Å²) in [7, 11) is 0. The molecule has 13 heavy (non-hydrogen) atoms. The second kappa shape index (κ2) is 4.65. The molecule has 0 aliphatic rings. The van der Waals surface area contributed by atoms with E-state index in [1.165, 1.54) is 0 Å². The Balaban J connectivity index is 0.000000184. The van der Waals surface area contributed by atoms with Gasteiger partial charge >= 0.3 is 0 Å². The van der Waals surface area contributed by atoms with Crippen LogP contribution in [0.3, 0.4) is 0 Å². The zero-order valence-corrected chi connectivity index (χ0v) is 8.32. The van der Waals surface area contributed by atoms with E-state index in [2.05, 4.69) is 25.9 Å². The Bertz CT molecular complexity index is 319. The van der Waals surface area contributed by atoms with E-state index in [4.69, 9.17) is 4.52 Å². The van der Waals surface area contributed by atoms with Crippen LogP contribution in [-0.4, -0.2) is 5.16 Å². The summed E-state index contributed by atoms with van der Waals surface area (Å²) in [5.41, 5.74) is 0.914. The van der Waals surface area contributed by atoms with Gasteiger partial charge < -0.3 is 4.52 Å². The van der Waals surface area contributed by atoms with Crippen molar-refractivity contribution in [3.8, 4) is 0 Å². The molecule has 0 atom stereocenters. The summed E-state index contributed by atoms with van der Waals surface area (Å²) in [5.74, 6) is 0.833. The van der Waals surface area contributed by atoms with Gasteiger partial charge in [0.15, 0.2) is 0 Å². The lowest BCUT2D eigenvalue weighted by atomic mass is 10.3. The van der Waals surface area contributed by atoms with Crippen LogP contribution in [-0.2, 0) is 0 Å². The summed E-state index contributed by atoms with van der Waals surface area (Å²) >= 11 is 0. The van der Waals surface area contributed by atoms with Crippen LogP contribution >= 0.6 is 0 Å². The second-order valence-corrected chi connectivity index (χ2v) is 3.61. The van der Waals surface area contributed by atoms with Crippen molar-refractivity contribution in [2.24, 2.45) is 5.92 Å². The third-order valence-corrected chi connectivity index (χ3v) is 1.27. The van der Waals surface area contributed by atoms with Crippen molar-refractivity contribution in [2.75, 3.05) is 0 Å². The molecule has 2 aromatic rings. The number of aromatic nitrogens is 1. The molecule has 0 spiro atoms. The summed E-state index contributed by atoms with van der Waals surface area (Å²) < 4.78 is 4.71. The summed E-state index contributed by atoms with van der Waals surface area (Å²) in [6.07, 6.45) is 1.63. The van der Waals surface area contributed by atoms with Crippen LogP contribution in [0.15, 0.2) is 35.1 Å². The van der Waals surface area contributed by atoms with Gasteiger partial charge in [-0.15, -0.1) is 0 Å². The molecular weight excluding hydrogens is 162 g/mol. The van der Waals surface area contributed by atoms with Gasteiger partial charge in [0.25, 0.3) is 0 Å². The van der Waals surface area contributed by atoms with Gasteiger partial charge in [-0.2, -0.15) is 0 Å². The van der Waals surface area contributed by atoms with Gasteiger partial charge in [-0.1, -0.05) is 38.1 Å². The van der Waals surface area contributed by atoms with Crippen LogP contribution in [0.5, 0.6) is 0 Å². The van der Waals surface area contributed by atoms with Crippen molar-refractivity contribution in [3.63, 3.8) is 0 Å². The highest BCUT2D eigenvalue weighted by atomic mass is 16.5. The summed E-state index contributed by atoms with van der Waals surface area (Å²) in [5, 5.41) is 4.80. The average molecular weight is 177 g/mol. The Hall–Kier alpha value is -1.31. The number of benzene rings is 1. The lowest BCUT2D eigenvalue weighted by molar-refractivity contribution is 0.428. The predicted molar refractivity (Wildman–Crippen MR) is 54.5 cm³/mol. The number of hydrogen-bond donors (Lipinski definition) is 0. The van der Waals surface area contributed by atoms with Crippen LogP contribution in [0.4, 0.5) is 0 Å². The Morgan fingerprint density at radius 1 is 1.15 bits per heavy atom. The molecule has 1 aromatic carbocycles. The summed E-state index contributed by atoms with van der Waals surface area (Å²) in [4.78, 5) is 0. The first-order valence-corrected chi connectivity index (χ1v) is 4.49.